The summed E-state index contributed by atoms with van der Waals surface area (Å²) >= 11 is 0. The summed E-state index contributed by atoms with van der Waals surface area (Å²) in [5.74, 6) is 2.97. The average Bonchev–Trinajstić information content (AvgIpc) is 3.19. The molecule has 1 fully saturated rings. The van der Waals surface area contributed by atoms with Crippen LogP contribution in [0.5, 0.6) is 0 Å². The van der Waals surface area contributed by atoms with E-state index in [1.807, 2.05) is 37.4 Å². The molecule has 0 amide bonds. The third kappa shape index (κ3) is 5.12. The maximum atomic E-state index is 5.40. The van der Waals surface area contributed by atoms with E-state index in [-0.39, 0.29) is 0 Å². The Kier molecular flexibility index (Phi) is 6.30. The molecule has 0 bridgehead atoms. The van der Waals surface area contributed by atoms with E-state index in [2.05, 4.69) is 32.7 Å². The summed E-state index contributed by atoms with van der Waals surface area (Å²) in [6, 6.07) is 9.96. The van der Waals surface area contributed by atoms with E-state index in [1.165, 1.54) is 0 Å². The molecule has 0 saturated carbocycles. The lowest BCUT2D eigenvalue weighted by Gasteiger charge is -2.37. The van der Waals surface area contributed by atoms with E-state index in [9.17, 15) is 0 Å². The first-order valence-corrected chi connectivity index (χ1v) is 9.08. The highest BCUT2D eigenvalue weighted by Crippen LogP contribution is 2.12. The number of nitrogens with one attached hydrogen (secondary N) is 1. The Balaban J connectivity index is 1.56. The highest BCUT2D eigenvalue weighted by molar-refractivity contribution is 5.80. The van der Waals surface area contributed by atoms with Crippen LogP contribution in [0.3, 0.4) is 0 Å². The van der Waals surface area contributed by atoms with Crippen LogP contribution in [-0.4, -0.2) is 55.1 Å². The molecule has 0 aliphatic carbocycles. The fourth-order valence-electron chi connectivity index (χ4n) is 2.92. The van der Waals surface area contributed by atoms with Crippen LogP contribution >= 0.6 is 0 Å². The van der Waals surface area contributed by atoms with Gasteiger partial charge in [-0.25, -0.2) is 9.98 Å². The minimum atomic E-state index is 0.642. The minimum absolute atomic E-state index is 0.642. The van der Waals surface area contributed by atoms with Crippen molar-refractivity contribution in [3.63, 3.8) is 0 Å². The molecule has 1 N–H and O–H groups in total. The van der Waals surface area contributed by atoms with Crippen molar-refractivity contribution < 1.29 is 4.42 Å². The monoisotopic (exact) mass is 353 g/mol. The smallest absolute Gasteiger partial charge is 0.194 e. The highest BCUT2D eigenvalue weighted by atomic mass is 16.3. The Bertz CT molecular complexity index is 703. The molecule has 138 valence electrons. The fourth-order valence-corrected chi connectivity index (χ4v) is 2.92. The second-order valence-electron chi connectivity index (χ2n) is 6.52. The van der Waals surface area contributed by atoms with Gasteiger partial charge in [-0.2, -0.15) is 0 Å². The van der Waals surface area contributed by atoms with E-state index < -0.39 is 0 Å². The molecule has 1 saturated heterocycles. The van der Waals surface area contributed by atoms with Gasteiger partial charge in [-0.15, -0.1) is 0 Å². The number of pyridine rings is 1. The molecule has 0 aromatic carbocycles. The standard InChI is InChI=1S/C20H27N5O/c1-17(2)16-23-20(22-10-8-18-6-5-15-26-18)25-13-11-24(12-14-25)19-7-3-4-9-21-19/h3-7,9,15H,1,8,10-14,16H2,2H3,(H,22,23). The van der Waals surface area contributed by atoms with Crippen LogP contribution < -0.4 is 10.2 Å². The molecule has 3 rings (SSSR count). The zero-order chi connectivity index (χ0) is 18.2. The second kappa shape index (κ2) is 9.08. The molecule has 0 atom stereocenters. The van der Waals surface area contributed by atoms with Gasteiger partial charge in [-0.1, -0.05) is 18.2 Å². The van der Waals surface area contributed by atoms with Gasteiger partial charge >= 0.3 is 0 Å². The summed E-state index contributed by atoms with van der Waals surface area (Å²) in [4.78, 5) is 13.8. The molecule has 0 spiro atoms. The molecule has 1 aliphatic rings. The van der Waals surface area contributed by atoms with Crippen molar-refractivity contribution in [2.45, 2.75) is 13.3 Å². The number of hydrogen-bond acceptors (Lipinski definition) is 4. The Morgan fingerprint density at radius 3 is 2.73 bits per heavy atom. The lowest BCUT2D eigenvalue weighted by Crippen LogP contribution is -2.53. The predicted molar refractivity (Wildman–Crippen MR) is 106 cm³/mol. The number of piperazine rings is 1. The highest BCUT2D eigenvalue weighted by Gasteiger charge is 2.20. The van der Waals surface area contributed by atoms with Crippen LogP contribution in [0.2, 0.25) is 0 Å². The van der Waals surface area contributed by atoms with Gasteiger partial charge < -0.3 is 19.5 Å². The van der Waals surface area contributed by atoms with Crippen molar-refractivity contribution in [3.8, 4) is 0 Å². The molecule has 3 heterocycles. The van der Waals surface area contributed by atoms with Crippen molar-refractivity contribution >= 4 is 11.8 Å². The quantitative estimate of drug-likeness (QED) is 0.491. The summed E-state index contributed by atoms with van der Waals surface area (Å²) in [6.45, 7) is 11.1. The van der Waals surface area contributed by atoms with Crippen molar-refractivity contribution in [2.24, 2.45) is 4.99 Å². The number of aromatic nitrogens is 1. The predicted octanol–water partition coefficient (Wildman–Crippen LogP) is 2.56. The summed E-state index contributed by atoms with van der Waals surface area (Å²) < 4.78 is 5.40. The molecule has 0 radical (unpaired) electrons. The molecular formula is C20H27N5O. The first-order valence-electron chi connectivity index (χ1n) is 9.08. The number of hydrogen-bond donors (Lipinski definition) is 1. The van der Waals surface area contributed by atoms with Crippen LogP contribution in [0.25, 0.3) is 0 Å². The molecular weight excluding hydrogens is 326 g/mol. The van der Waals surface area contributed by atoms with Gasteiger partial charge in [-0.05, 0) is 31.2 Å². The number of guanidine groups is 1. The van der Waals surface area contributed by atoms with Crippen molar-refractivity contribution in [1.29, 1.82) is 0 Å². The summed E-state index contributed by atoms with van der Waals surface area (Å²) in [6.07, 6.45) is 4.40. The van der Waals surface area contributed by atoms with Gasteiger partial charge in [0.05, 0.1) is 12.8 Å². The van der Waals surface area contributed by atoms with Crippen molar-refractivity contribution in [3.05, 3.63) is 60.7 Å². The maximum Gasteiger partial charge on any atom is 0.194 e. The van der Waals surface area contributed by atoms with Crippen molar-refractivity contribution in [1.82, 2.24) is 15.2 Å². The lowest BCUT2D eigenvalue weighted by atomic mass is 10.3. The fraction of sp³-hybridized carbons (Fsp3) is 0.400. The largest absolute Gasteiger partial charge is 0.469 e. The van der Waals surface area contributed by atoms with E-state index in [4.69, 9.17) is 9.41 Å². The first-order chi connectivity index (χ1) is 12.7. The van der Waals surface area contributed by atoms with Gasteiger partial charge in [0.15, 0.2) is 5.96 Å². The third-order valence-electron chi connectivity index (χ3n) is 4.29. The van der Waals surface area contributed by atoms with Gasteiger partial charge in [0.1, 0.15) is 11.6 Å². The Morgan fingerprint density at radius 2 is 2.08 bits per heavy atom. The first kappa shape index (κ1) is 18.0. The average molecular weight is 353 g/mol. The minimum Gasteiger partial charge on any atom is -0.469 e. The number of rotatable bonds is 6. The normalized spacial score (nSPS) is 15.2. The van der Waals surface area contributed by atoms with Gasteiger partial charge in [0.25, 0.3) is 0 Å². The zero-order valence-corrected chi connectivity index (χ0v) is 15.4. The van der Waals surface area contributed by atoms with E-state index in [0.717, 1.165) is 62.3 Å². The van der Waals surface area contributed by atoms with E-state index >= 15 is 0 Å². The molecule has 6 nitrogen and oxygen atoms in total. The summed E-state index contributed by atoms with van der Waals surface area (Å²) in [5.41, 5.74) is 1.06. The maximum absolute atomic E-state index is 5.40. The second-order valence-corrected chi connectivity index (χ2v) is 6.52. The van der Waals surface area contributed by atoms with Gasteiger partial charge in [0.2, 0.25) is 0 Å². The molecule has 2 aromatic rings. The Hall–Kier alpha value is -2.76. The topological polar surface area (TPSA) is 56.9 Å². The molecule has 1 aliphatic heterocycles. The third-order valence-corrected chi connectivity index (χ3v) is 4.29. The Morgan fingerprint density at radius 1 is 1.23 bits per heavy atom. The zero-order valence-electron chi connectivity index (χ0n) is 15.4. The number of aliphatic imine (C=N–C) groups is 1. The number of nitrogens with zero attached hydrogens (tertiary/aromatic N) is 4. The number of anilines is 1. The SMILES string of the molecule is C=C(C)CN=C(NCCc1ccco1)N1CCN(c2ccccn2)CC1. The molecule has 6 heteroatoms. The summed E-state index contributed by atoms with van der Waals surface area (Å²) in [7, 11) is 0. The Labute approximate surface area is 155 Å². The van der Waals surface area contributed by atoms with Crippen LogP contribution in [0.1, 0.15) is 12.7 Å². The van der Waals surface area contributed by atoms with Crippen LogP contribution in [0, 0.1) is 0 Å². The van der Waals surface area contributed by atoms with Crippen LogP contribution in [0.15, 0.2) is 64.4 Å². The van der Waals surface area contributed by atoms with Crippen LogP contribution in [-0.2, 0) is 6.42 Å². The molecule has 26 heavy (non-hydrogen) atoms. The van der Waals surface area contributed by atoms with E-state index in [0.29, 0.717) is 6.54 Å². The lowest BCUT2D eigenvalue weighted by molar-refractivity contribution is 0.370. The summed E-state index contributed by atoms with van der Waals surface area (Å²) in [5, 5.41) is 3.48. The molecule has 2 aromatic heterocycles. The van der Waals surface area contributed by atoms with Gasteiger partial charge in [0, 0.05) is 45.3 Å². The van der Waals surface area contributed by atoms with E-state index in [1.54, 1.807) is 6.26 Å². The van der Waals surface area contributed by atoms with Crippen LogP contribution in [0.4, 0.5) is 5.82 Å². The molecule has 0 unspecified atom stereocenters. The van der Waals surface area contributed by atoms with Gasteiger partial charge in [-0.3, -0.25) is 0 Å². The van der Waals surface area contributed by atoms with Crippen molar-refractivity contribution in [2.75, 3.05) is 44.2 Å². The number of furan rings is 1.